The molecular formula is C19H27NO3S. The predicted octanol–water partition coefficient (Wildman–Crippen LogP) is 4.27. The second-order valence-corrected chi connectivity index (χ2v) is 7.49. The lowest BCUT2D eigenvalue weighted by atomic mass is 10.1. The Morgan fingerprint density at radius 2 is 1.83 bits per heavy atom. The van der Waals surface area contributed by atoms with Gasteiger partial charge >= 0.3 is 0 Å². The number of nitrogens with one attached hydrogen (secondary N) is 1. The number of hydrogen-bond acceptors (Lipinski definition) is 3. The van der Waals surface area contributed by atoms with E-state index in [0.29, 0.717) is 18.4 Å². The molecule has 0 saturated carbocycles. The summed E-state index contributed by atoms with van der Waals surface area (Å²) in [6.07, 6.45) is 8.67. The number of amides is 1. The van der Waals surface area contributed by atoms with E-state index in [9.17, 15) is 13.2 Å². The fraction of sp³-hybridized carbons (Fsp3) is 0.421. The van der Waals surface area contributed by atoms with Crippen molar-refractivity contribution in [3.05, 3.63) is 54.1 Å². The SMILES string of the molecule is C=CC/C=C(/CCCCCC)C(=O)NS(=O)(=O)c1ccc(C)cc1. The Labute approximate surface area is 145 Å². The molecule has 1 N–H and O–H groups in total. The van der Waals surface area contributed by atoms with Crippen LogP contribution in [0.5, 0.6) is 0 Å². The van der Waals surface area contributed by atoms with Crippen LogP contribution in [0.2, 0.25) is 0 Å². The van der Waals surface area contributed by atoms with Crippen LogP contribution in [-0.4, -0.2) is 14.3 Å². The van der Waals surface area contributed by atoms with Gasteiger partial charge in [0.05, 0.1) is 4.90 Å². The zero-order valence-electron chi connectivity index (χ0n) is 14.5. The van der Waals surface area contributed by atoms with Gasteiger partial charge in [-0.2, -0.15) is 0 Å². The van der Waals surface area contributed by atoms with Gasteiger partial charge in [0.1, 0.15) is 0 Å². The first kappa shape index (κ1) is 20.2. The number of sulfonamides is 1. The smallest absolute Gasteiger partial charge is 0.264 e. The lowest BCUT2D eigenvalue weighted by Crippen LogP contribution is -2.31. The number of allylic oxidation sites excluding steroid dienone is 2. The molecule has 0 aliphatic rings. The Balaban J connectivity index is 2.82. The minimum absolute atomic E-state index is 0.0931. The molecule has 132 valence electrons. The van der Waals surface area contributed by atoms with E-state index in [4.69, 9.17) is 0 Å². The van der Waals surface area contributed by atoms with Crippen molar-refractivity contribution in [2.75, 3.05) is 0 Å². The fourth-order valence-corrected chi connectivity index (χ4v) is 3.23. The number of hydrogen-bond donors (Lipinski definition) is 1. The summed E-state index contributed by atoms with van der Waals surface area (Å²) in [5.41, 5.74) is 1.46. The minimum atomic E-state index is -3.85. The van der Waals surface area contributed by atoms with Crippen LogP contribution in [0.3, 0.4) is 0 Å². The Morgan fingerprint density at radius 1 is 1.17 bits per heavy atom. The van der Waals surface area contributed by atoms with Gasteiger partial charge in [-0.05, 0) is 38.3 Å². The lowest BCUT2D eigenvalue weighted by Gasteiger charge is -2.10. The molecule has 0 saturated heterocycles. The zero-order chi connectivity index (χ0) is 18.0. The van der Waals surface area contributed by atoms with Crippen molar-refractivity contribution in [1.29, 1.82) is 0 Å². The predicted molar refractivity (Wildman–Crippen MR) is 98.2 cm³/mol. The Kier molecular flexibility index (Phi) is 8.47. The second-order valence-electron chi connectivity index (χ2n) is 5.81. The molecule has 0 aromatic heterocycles. The van der Waals surface area contributed by atoms with Gasteiger partial charge in [0, 0.05) is 5.57 Å². The Morgan fingerprint density at radius 3 is 2.42 bits per heavy atom. The van der Waals surface area contributed by atoms with Crippen molar-refractivity contribution < 1.29 is 13.2 Å². The number of unbranched alkanes of at least 4 members (excludes halogenated alkanes) is 3. The molecule has 1 aromatic carbocycles. The van der Waals surface area contributed by atoms with Crippen LogP contribution in [0.4, 0.5) is 0 Å². The maximum Gasteiger partial charge on any atom is 0.264 e. The Hall–Kier alpha value is -1.88. The molecule has 0 aliphatic heterocycles. The van der Waals surface area contributed by atoms with Crippen molar-refractivity contribution >= 4 is 15.9 Å². The van der Waals surface area contributed by atoms with Crippen molar-refractivity contribution in [2.45, 2.75) is 57.3 Å². The molecule has 0 aliphatic carbocycles. The average Bonchev–Trinajstić information content (AvgIpc) is 2.54. The molecule has 1 aromatic rings. The van der Waals surface area contributed by atoms with Crippen LogP contribution in [0.15, 0.2) is 53.5 Å². The highest BCUT2D eigenvalue weighted by Gasteiger charge is 2.19. The van der Waals surface area contributed by atoms with Gasteiger partial charge in [-0.25, -0.2) is 13.1 Å². The number of carbonyl (C=O) groups excluding carboxylic acids is 1. The third-order valence-electron chi connectivity index (χ3n) is 3.68. The molecule has 24 heavy (non-hydrogen) atoms. The van der Waals surface area contributed by atoms with E-state index < -0.39 is 15.9 Å². The molecule has 0 heterocycles. The van der Waals surface area contributed by atoms with Crippen LogP contribution < -0.4 is 4.72 Å². The summed E-state index contributed by atoms with van der Waals surface area (Å²) in [5.74, 6) is -0.547. The van der Waals surface area contributed by atoms with Crippen molar-refractivity contribution in [2.24, 2.45) is 0 Å². The van der Waals surface area contributed by atoms with Crippen LogP contribution in [0, 0.1) is 6.92 Å². The summed E-state index contributed by atoms with van der Waals surface area (Å²) in [6.45, 7) is 7.63. The molecule has 5 heteroatoms. The average molecular weight is 349 g/mol. The minimum Gasteiger partial charge on any atom is -0.269 e. The van der Waals surface area contributed by atoms with E-state index in [1.54, 1.807) is 24.3 Å². The number of carbonyl (C=O) groups is 1. The van der Waals surface area contributed by atoms with Crippen LogP contribution >= 0.6 is 0 Å². The van der Waals surface area contributed by atoms with Gasteiger partial charge < -0.3 is 0 Å². The van der Waals surface area contributed by atoms with E-state index >= 15 is 0 Å². The first-order valence-electron chi connectivity index (χ1n) is 8.34. The van der Waals surface area contributed by atoms with Crippen molar-refractivity contribution in [1.82, 2.24) is 4.72 Å². The second kappa shape index (κ2) is 10.1. The maximum atomic E-state index is 12.4. The van der Waals surface area contributed by atoms with Gasteiger partial charge in [0.25, 0.3) is 15.9 Å². The Bertz CT molecular complexity index is 673. The first-order valence-corrected chi connectivity index (χ1v) is 9.82. The zero-order valence-corrected chi connectivity index (χ0v) is 15.4. The fourth-order valence-electron chi connectivity index (χ4n) is 2.24. The molecule has 0 unspecified atom stereocenters. The number of benzene rings is 1. The summed E-state index contributed by atoms with van der Waals surface area (Å²) >= 11 is 0. The number of rotatable bonds is 10. The number of aryl methyl sites for hydroxylation is 1. The van der Waals surface area contributed by atoms with E-state index in [1.165, 1.54) is 12.1 Å². The molecule has 4 nitrogen and oxygen atoms in total. The summed E-state index contributed by atoms with van der Waals surface area (Å²) in [6, 6.07) is 6.41. The molecule has 0 fully saturated rings. The summed E-state index contributed by atoms with van der Waals surface area (Å²) in [4.78, 5) is 12.5. The third-order valence-corrected chi connectivity index (χ3v) is 5.03. The van der Waals surface area contributed by atoms with Gasteiger partial charge in [0.2, 0.25) is 0 Å². The van der Waals surface area contributed by atoms with Gasteiger partial charge in [-0.3, -0.25) is 4.79 Å². The monoisotopic (exact) mass is 349 g/mol. The van der Waals surface area contributed by atoms with Crippen LogP contribution in [0.25, 0.3) is 0 Å². The largest absolute Gasteiger partial charge is 0.269 e. The maximum absolute atomic E-state index is 12.4. The molecule has 0 atom stereocenters. The van der Waals surface area contributed by atoms with Crippen LogP contribution in [0.1, 0.15) is 51.0 Å². The molecule has 1 amide bonds. The van der Waals surface area contributed by atoms with Crippen LogP contribution in [-0.2, 0) is 14.8 Å². The molecule has 0 spiro atoms. The molecule has 1 rings (SSSR count). The standard InChI is InChI=1S/C19H27NO3S/c1-4-6-8-9-11-17(10-7-5-2)19(21)20-24(22,23)18-14-12-16(3)13-15-18/h5,10,12-15H,2,4,6-9,11H2,1,3H3,(H,20,21)/b17-10-. The molecular weight excluding hydrogens is 322 g/mol. The normalized spacial score (nSPS) is 12.0. The highest BCUT2D eigenvalue weighted by molar-refractivity contribution is 7.90. The van der Waals surface area contributed by atoms with E-state index in [1.807, 2.05) is 6.92 Å². The van der Waals surface area contributed by atoms with Gasteiger partial charge in [-0.1, -0.05) is 56.0 Å². The van der Waals surface area contributed by atoms with Gasteiger partial charge in [-0.15, -0.1) is 6.58 Å². The van der Waals surface area contributed by atoms with E-state index in [-0.39, 0.29) is 4.90 Å². The molecule has 0 bridgehead atoms. The summed E-state index contributed by atoms with van der Waals surface area (Å²) in [7, 11) is -3.85. The van der Waals surface area contributed by atoms with Crippen molar-refractivity contribution in [3.63, 3.8) is 0 Å². The summed E-state index contributed by atoms with van der Waals surface area (Å²) < 4.78 is 26.8. The lowest BCUT2D eigenvalue weighted by molar-refractivity contribution is -0.116. The highest BCUT2D eigenvalue weighted by Crippen LogP contribution is 2.14. The third kappa shape index (κ3) is 6.71. The first-order chi connectivity index (χ1) is 11.4. The summed E-state index contributed by atoms with van der Waals surface area (Å²) in [5, 5.41) is 0. The van der Waals surface area contributed by atoms with E-state index in [2.05, 4.69) is 18.2 Å². The highest BCUT2D eigenvalue weighted by atomic mass is 32.2. The van der Waals surface area contributed by atoms with Gasteiger partial charge in [0.15, 0.2) is 0 Å². The van der Waals surface area contributed by atoms with Crippen molar-refractivity contribution in [3.8, 4) is 0 Å². The topological polar surface area (TPSA) is 63.2 Å². The van der Waals surface area contributed by atoms with E-state index in [0.717, 1.165) is 31.2 Å². The quantitative estimate of drug-likeness (QED) is 0.390. The molecule has 0 radical (unpaired) electrons.